The number of fused-ring (bicyclic) bond motifs is 1. The first-order valence-electron chi connectivity index (χ1n) is 9.72. The summed E-state index contributed by atoms with van der Waals surface area (Å²) in [4.78, 5) is 14.0. The molecule has 1 saturated heterocycles. The number of halogens is 2. The molecule has 2 aliphatic rings. The van der Waals surface area contributed by atoms with E-state index in [2.05, 4.69) is 4.98 Å². The molecule has 0 amide bonds. The molecule has 1 aromatic carbocycles. The molecule has 5 atom stereocenters. The molecule has 3 heterocycles. The molecule has 3 N–H and O–H groups in total. The van der Waals surface area contributed by atoms with Gasteiger partial charge in [0.05, 0.1) is 12.0 Å². The van der Waals surface area contributed by atoms with Gasteiger partial charge in [0.2, 0.25) is 0 Å². The van der Waals surface area contributed by atoms with E-state index in [1.807, 2.05) is 0 Å². The van der Waals surface area contributed by atoms with Crippen LogP contribution in [0, 0.1) is 4.77 Å². The predicted molar refractivity (Wildman–Crippen MR) is 125 cm³/mol. The molecular weight excluding hydrogens is 498 g/mol. The van der Waals surface area contributed by atoms with Crippen molar-refractivity contribution in [3.8, 4) is 5.75 Å². The van der Waals surface area contributed by atoms with E-state index in [1.165, 1.54) is 7.85 Å². The highest BCUT2D eigenvalue weighted by molar-refractivity contribution is 7.71. The minimum atomic E-state index is -4.35. The van der Waals surface area contributed by atoms with Crippen molar-refractivity contribution in [3.05, 3.63) is 56.2 Å². The Hall–Kier alpha value is -1.44. The number of nitrogens with one attached hydrogen (secondary N) is 1. The van der Waals surface area contributed by atoms with Crippen LogP contribution in [0.5, 0.6) is 5.75 Å². The second-order valence-electron chi connectivity index (χ2n) is 8.32. The molecule has 0 aliphatic carbocycles. The summed E-state index contributed by atoms with van der Waals surface area (Å²) < 4.78 is 51.8. The minimum Gasteiger partial charge on any atom is -0.404 e. The van der Waals surface area contributed by atoms with Gasteiger partial charge in [-0.3, -0.25) is 23.4 Å². The number of alkyl halides is 1. The van der Waals surface area contributed by atoms with Crippen molar-refractivity contribution in [3.63, 3.8) is 0 Å². The Bertz CT molecular complexity index is 1280. The van der Waals surface area contributed by atoms with Gasteiger partial charge in [-0.25, -0.2) is 8.96 Å². The molecular formula is C16H18B3ClFN2O8PS. The van der Waals surface area contributed by atoms with Gasteiger partial charge >= 0.3 is 7.82 Å². The third-order valence-corrected chi connectivity index (χ3v) is 7.80. The molecule has 174 valence electrons. The Kier molecular flexibility index (Phi) is 6.03. The number of aromatic amines is 1. The normalized spacial score (nSPS) is 33.9. The number of hydrogen-bond donors (Lipinski definition) is 3. The molecule has 1 aromatic heterocycles. The first-order chi connectivity index (χ1) is 15.2. The number of para-hydroxylation sites is 1. The van der Waals surface area contributed by atoms with Gasteiger partial charge in [0, 0.05) is 11.8 Å². The van der Waals surface area contributed by atoms with Gasteiger partial charge in [0.15, 0.2) is 12.6 Å². The van der Waals surface area contributed by atoms with Crippen molar-refractivity contribution in [2.24, 2.45) is 0 Å². The topological polar surface area (TPSA) is 132 Å². The van der Waals surface area contributed by atoms with Crippen LogP contribution < -0.4 is 10.1 Å². The van der Waals surface area contributed by atoms with Crippen LogP contribution in [0.4, 0.5) is 4.39 Å². The first kappa shape index (κ1) is 24.7. The summed E-state index contributed by atoms with van der Waals surface area (Å²) in [6.45, 7) is -0.113. The predicted octanol–water partition coefficient (Wildman–Crippen LogP) is -1.13. The van der Waals surface area contributed by atoms with Crippen LogP contribution in [0.1, 0.15) is 5.56 Å². The lowest BCUT2D eigenvalue weighted by molar-refractivity contribution is -0.240. The zero-order valence-corrected chi connectivity index (χ0v) is 20.1. The lowest BCUT2D eigenvalue weighted by Gasteiger charge is -2.41. The summed E-state index contributed by atoms with van der Waals surface area (Å²) in [5, 5.41) is 18.9. The van der Waals surface area contributed by atoms with Crippen LogP contribution in [0.2, 0.25) is 5.02 Å². The van der Waals surface area contributed by atoms with Crippen LogP contribution in [-0.2, 0) is 30.6 Å². The van der Waals surface area contributed by atoms with E-state index < -0.39 is 42.5 Å². The Morgan fingerprint density at radius 3 is 2.73 bits per heavy atom. The van der Waals surface area contributed by atoms with Gasteiger partial charge < -0.3 is 19.5 Å². The average Bonchev–Trinajstić information content (AvgIpc) is 2.91. The van der Waals surface area contributed by atoms with Crippen molar-refractivity contribution >= 4 is 55.2 Å². The van der Waals surface area contributed by atoms with Crippen LogP contribution >= 0.6 is 31.6 Å². The summed E-state index contributed by atoms with van der Waals surface area (Å²) in [5.41, 5.74) is -2.12. The van der Waals surface area contributed by atoms with Crippen molar-refractivity contribution in [2.45, 2.75) is 35.7 Å². The van der Waals surface area contributed by atoms with E-state index in [9.17, 15) is 19.6 Å². The fourth-order valence-electron chi connectivity index (χ4n) is 3.76. The standard InChI is InChI=1S/C16H18B3ClFN2O8PS/c17-15(23-5-8(20)12(26)22-13(23)33)11(25)10(24)14(21,30-15)16(18,19)31-32(27)28-6-7-3-1-2-4-9(7)29-32/h1-5,10-11,24-25H,6,17-19H2,(H,22,26,33)/t10-,11+,14-,15-,32?/m0/s1. The number of ether oxygens (including phenoxy) is 1. The summed E-state index contributed by atoms with van der Waals surface area (Å²) in [5.74, 6) is -2.90. The number of H-pyrrole nitrogens is 1. The smallest absolute Gasteiger partial charge is 0.404 e. The van der Waals surface area contributed by atoms with Crippen molar-refractivity contribution in [1.82, 2.24) is 9.55 Å². The molecule has 0 saturated carbocycles. The van der Waals surface area contributed by atoms with Crippen molar-refractivity contribution in [2.75, 3.05) is 0 Å². The Labute approximate surface area is 199 Å². The largest absolute Gasteiger partial charge is 0.529 e. The number of aliphatic hydroxyl groups excluding tert-OH is 2. The molecule has 2 aliphatic heterocycles. The van der Waals surface area contributed by atoms with Gasteiger partial charge in [-0.05, 0) is 18.3 Å². The van der Waals surface area contributed by atoms with Gasteiger partial charge in [-0.15, -0.1) is 0 Å². The number of nitrogens with zero attached hydrogens (tertiary/aromatic N) is 1. The highest BCUT2D eigenvalue weighted by Gasteiger charge is 2.69. The molecule has 1 fully saturated rings. The zero-order valence-electron chi connectivity index (χ0n) is 17.7. The Balaban J connectivity index is 1.68. The maximum Gasteiger partial charge on any atom is 0.529 e. The molecule has 33 heavy (non-hydrogen) atoms. The second kappa shape index (κ2) is 8.06. The summed E-state index contributed by atoms with van der Waals surface area (Å²) in [7, 11) is -0.817. The molecule has 0 radical (unpaired) electrons. The SMILES string of the molecule is BC(B)(OP1(=O)OCc2ccccc2O1)[C@@]1(F)O[C@@](B)(n2cc(Cl)c(=O)[nH]c2=S)[C@H](O)[C@@H]1O. The van der Waals surface area contributed by atoms with Crippen molar-refractivity contribution in [1.29, 1.82) is 0 Å². The number of aliphatic hydroxyl groups is 2. The molecule has 4 rings (SSSR count). The first-order valence-corrected chi connectivity index (χ1v) is 12.0. The van der Waals surface area contributed by atoms with E-state index in [0.29, 0.717) is 5.56 Å². The van der Waals surface area contributed by atoms with Crippen LogP contribution in [0.3, 0.4) is 0 Å². The van der Waals surface area contributed by atoms with Gasteiger partial charge in [0.1, 0.15) is 44.3 Å². The molecule has 2 aromatic rings. The van der Waals surface area contributed by atoms with Crippen molar-refractivity contribution < 1.29 is 37.5 Å². The van der Waals surface area contributed by atoms with E-state index in [1.54, 1.807) is 24.3 Å². The molecule has 0 spiro atoms. The number of phosphoric acid groups is 1. The Morgan fingerprint density at radius 1 is 1.36 bits per heavy atom. The number of rotatable bonds is 4. The number of benzene rings is 1. The highest BCUT2D eigenvalue weighted by atomic mass is 35.5. The fourth-order valence-corrected chi connectivity index (χ4v) is 5.77. The summed E-state index contributed by atoms with van der Waals surface area (Å²) >= 11 is 11.0. The number of hydrogen-bond acceptors (Lipinski definition) is 9. The molecule has 1 unspecified atom stereocenters. The van der Waals surface area contributed by atoms with Crippen LogP contribution in [0.15, 0.2) is 35.3 Å². The maximum atomic E-state index is 16.3. The van der Waals surface area contributed by atoms with E-state index in [0.717, 1.165) is 26.5 Å². The average molecular weight is 516 g/mol. The van der Waals surface area contributed by atoms with E-state index in [4.69, 9.17) is 42.1 Å². The maximum absolute atomic E-state index is 16.3. The van der Waals surface area contributed by atoms with Gasteiger partial charge in [-0.1, -0.05) is 29.8 Å². The van der Waals surface area contributed by atoms with Gasteiger partial charge in [0.25, 0.3) is 11.4 Å². The van der Waals surface area contributed by atoms with Gasteiger partial charge in [-0.2, -0.15) is 0 Å². The van der Waals surface area contributed by atoms with E-state index >= 15 is 4.39 Å². The van der Waals surface area contributed by atoms with E-state index in [-0.39, 0.29) is 22.2 Å². The zero-order chi connectivity index (χ0) is 24.4. The van der Waals surface area contributed by atoms with Crippen LogP contribution in [0.25, 0.3) is 0 Å². The lowest BCUT2D eigenvalue weighted by Crippen LogP contribution is -2.60. The quantitative estimate of drug-likeness (QED) is 0.263. The fraction of sp³-hybridized carbons (Fsp3) is 0.375. The van der Waals surface area contributed by atoms with Crippen LogP contribution in [-0.4, -0.2) is 66.8 Å². The lowest BCUT2D eigenvalue weighted by atomic mass is 9.59. The molecule has 17 heteroatoms. The third kappa shape index (κ3) is 3.94. The third-order valence-electron chi connectivity index (χ3n) is 5.68. The monoisotopic (exact) mass is 516 g/mol. The Morgan fingerprint density at radius 2 is 2.03 bits per heavy atom. The number of phosphoric ester groups is 1. The second-order valence-corrected chi connectivity index (χ2v) is 10.6. The highest BCUT2D eigenvalue weighted by Crippen LogP contribution is 2.59. The number of aromatic nitrogens is 2. The summed E-state index contributed by atoms with van der Waals surface area (Å²) in [6, 6.07) is 6.64. The summed E-state index contributed by atoms with van der Waals surface area (Å²) in [6.07, 6.45) is -3.06. The molecule has 0 bridgehead atoms. The molecule has 10 nitrogen and oxygen atoms in total. The minimum absolute atomic E-state index is 0.113.